The molecule has 0 unspecified atom stereocenters. The molecule has 5 nitrogen and oxygen atoms in total. The average molecular weight is 301 g/mol. The van der Waals surface area contributed by atoms with Crippen molar-refractivity contribution in [1.82, 2.24) is 14.7 Å². The number of hydrogen-bond donors (Lipinski definition) is 0. The third-order valence-electron chi connectivity index (χ3n) is 4.66. The summed E-state index contributed by atoms with van der Waals surface area (Å²) in [6.07, 6.45) is 8.54. The first kappa shape index (κ1) is 14.0. The number of furan rings is 1. The van der Waals surface area contributed by atoms with Crippen molar-refractivity contribution in [1.29, 1.82) is 0 Å². The minimum absolute atomic E-state index is 0.411. The maximum Gasteiger partial charge on any atom is 0.0947 e. The molecule has 5 heteroatoms. The minimum atomic E-state index is 0.411. The van der Waals surface area contributed by atoms with Crippen LogP contribution in [0.3, 0.4) is 0 Å². The predicted octanol–water partition coefficient (Wildman–Crippen LogP) is 2.63. The minimum Gasteiger partial charge on any atom is -0.472 e. The van der Waals surface area contributed by atoms with Crippen molar-refractivity contribution in [3.05, 3.63) is 41.6 Å². The summed E-state index contributed by atoms with van der Waals surface area (Å²) in [6, 6.07) is 2.03. The molecule has 0 radical (unpaired) electrons. The van der Waals surface area contributed by atoms with Crippen molar-refractivity contribution in [2.45, 2.75) is 38.4 Å². The van der Waals surface area contributed by atoms with Gasteiger partial charge in [0.05, 0.1) is 24.8 Å². The number of rotatable bonds is 6. The summed E-state index contributed by atoms with van der Waals surface area (Å²) in [4.78, 5) is 2.44. The summed E-state index contributed by atoms with van der Waals surface area (Å²) >= 11 is 0. The average Bonchev–Trinajstić information content (AvgIpc) is 2.98. The quantitative estimate of drug-likeness (QED) is 0.822. The van der Waals surface area contributed by atoms with E-state index >= 15 is 0 Å². The number of fused-ring (bicyclic) bond motifs is 1. The topological polar surface area (TPSA) is 43.4 Å². The Kier molecular flexibility index (Phi) is 3.76. The predicted molar refractivity (Wildman–Crippen MR) is 82.4 cm³/mol. The molecule has 0 aromatic carbocycles. The van der Waals surface area contributed by atoms with E-state index in [9.17, 15) is 0 Å². The fraction of sp³-hybridized carbons (Fsp3) is 0.588. The van der Waals surface area contributed by atoms with Crippen LogP contribution >= 0.6 is 0 Å². The van der Waals surface area contributed by atoms with Gasteiger partial charge in [0.15, 0.2) is 0 Å². The highest BCUT2D eigenvalue weighted by Crippen LogP contribution is 2.33. The fourth-order valence-corrected chi connectivity index (χ4v) is 3.39. The molecule has 3 heterocycles. The fourth-order valence-electron chi connectivity index (χ4n) is 3.39. The summed E-state index contributed by atoms with van der Waals surface area (Å²) in [5.41, 5.74) is 3.82. The summed E-state index contributed by atoms with van der Waals surface area (Å²) in [5, 5.41) is 4.84. The molecule has 2 aliphatic rings. The second kappa shape index (κ2) is 5.89. The van der Waals surface area contributed by atoms with Gasteiger partial charge in [0.1, 0.15) is 0 Å². The standard InChI is InChI=1S/C17H23N3O2/c1-21-12-15-8-19(6-14-4-5-22-11-14)10-17-16(15)9-20(18-17)7-13-2-3-13/h4-5,9,11,13,15H,2-3,6-8,10,12H2,1H3/t15-/m1/s1. The Morgan fingerprint density at radius 1 is 1.41 bits per heavy atom. The molecule has 0 N–H and O–H groups in total. The largest absolute Gasteiger partial charge is 0.472 e. The van der Waals surface area contributed by atoms with Crippen LogP contribution in [0.25, 0.3) is 0 Å². The monoisotopic (exact) mass is 301 g/mol. The molecule has 1 atom stereocenters. The van der Waals surface area contributed by atoms with Crippen LogP contribution in [0.4, 0.5) is 0 Å². The SMILES string of the molecule is COC[C@H]1CN(Cc2ccoc2)Cc2nn(CC3CC3)cc21. The summed E-state index contributed by atoms with van der Waals surface area (Å²) in [7, 11) is 1.78. The molecule has 1 fully saturated rings. The summed E-state index contributed by atoms with van der Waals surface area (Å²) in [6.45, 7) is 4.67. The van der Waals surface area contributed by atoms with E-state index in [2.05, 4.69) is 15.8 Å². The molecule has 1 aliphatic heterocycles. The lowest BCUT2D eigenvalue weighted by atomic mass is 9.95. The smallest absolute Gasteiger partial charge is 0.0947 e. The first-order chi connectivity index (χ1) is 10.8. The lowest BCUT2D eigenvalue weighted by Gasteiger charge is -2.31. The highest BCUT2D eigenvalue weighted by atomic mass is 16.5. The zero-order valence-electron chi connectivity index (χ0n) is 13.1. The number of ether oxygens (including phenoxy) is 1. The maximum absolute atomic E-state index is 5.44. The third-order valence-corrected chi connectivity index (χ3v) is 4.66. The van der Waals surface area contributed by atoms with E-state index in [1.54, 1.807) is 13.4 Å². The lowest BCUT2D eigenvalue weighted by Crippen LogP contribution is -2.34. The van der Waals surface area contributed by atoms with Gasteiger partial charge in [-0.15, -0.1) is 0 Å². The molecule has 22 heavy (non-hydrogen) atoms. The van der Waals surface area contributed by atoms with Crippen LogP contribution in [0.15, 0.2) is 29.2 Å². The van der Waals surface area contributed by atoms with E-state index in [4.69, 9.17) is 14.3 Å². The number of hydrogen-bond acceptors (Lipinski definition) is 4. The van der Waals surface area contributed by atoms with E-state index in [0.717, 1.165) is 38.7 Å². The van der Waals surface area contributed by atoms with E-state index in [1.807, 2.05) is 12.3 Å². The van der Waals surface area contributed by atoms with Crippen molar-refractivity contribution in [2.24, 2.45) is 5.92 Å². The van der Waals surface area contributed by atoms with E-state index in [-0.39, 0.29) is 0 Å². The van der Waals surface area contributed by atoms with Crippen LogP contribution in [-0.2, 0) is 24.4 Å². The summed E-state index contributed by atoms with van der Waals surface area (Å²) in [5.74, 6) is 1.26. The van der Waals surface area contributed by atoms with E-state index in [1.165, 1.54) is 29.7 Å². The Labute approximate surface area is 130 Å². The van der Waals surface area contributed by atoms with Gasteiger partial charge in [-0.25, -0.2) is 0 Å². The summed E-state index contributed by atoms with van der Waals surface area (Å²) < 4.78 is 12.8. The van der Waals surface area contributed by atoms with Crippen molar-refractivity contribution in [2.75, 3.05) is 20.3 Å². The van der Waals surface area contributed by atoms with Gasteiger partial charge in [-0.05, 0) is 24.8 Å². The Balaban J connectivity index is 1.53. The van der Waals surface area contributed by atoms with Gasteiger partial charge < -0.3 is 9.15 Å². The molecular formula is C17H23N3O2. The van der Waals surface area contributed by atoms with Crippen molar-refractivity contribution < 1.29 is 9.15 Å². The van der Waals surface area contributed by atoms with Gasteiger partial charge in [0.2, 0.25) is 0 Å². The molecule has 4 rings (SSSR count). The van der Waals surface area contributed by atoms with Crippen LogP contribution in [-0.4, -0.2) is 34.9 Å². The van der Waals surface area contributed by atoms with E-state index in [0.29, 0.717) is 5.92 Å². The molecule has 1 saturated carbocycles. The van der Waals surface area contributed by atoms with Gasteiger partial charge >= 0.3 is 0 Å². The molecule has 118 valence electrons. The van der Waals surface area contributed by atoms with Gasteiger partial charge in [0.25, 0.3) is 0 Å². The highest BCUT2D eigenvalue weighted by Gasteiger charge is 2.30. The second-order valence-corrected chi connectivity index (χ2v) is 6.65. The van der Waals surface area contributed by atoms with Crippen molar-refractivity contribution >= 4 is 0 Å². The Bertz CT molecular complexity index is 616. The number of aromatic nitrogens is 2. The molecule has 0 bridgehead atoms. The molecular weight excluding hydrogens is 278 g/mol. The van der Waals surface area contributed by atoms with Gasteiger partial charge in [-0.3, -0.25) is 9.58 Å². The second-order valence-electron chi connectivity index (χ2n) is 6.65. The first-order valence-electron chi connectivity index (χ1n) is 8.10. The number of nitrogens with zero attached hydrogens (tertiary/aromatic N) is 3. The molecule has 0 saturated heterocycles. The normalized spacial score (nSPS) is 22.0. The van der Waals surface area contributed by atoms with Gasteiger partial charge in [0, 0.05) is 56.5 Å². The third kappa shape index (κ3) is 2.96. The number of methoxy groups -OCH3 is 1. The zero-order chi connectivity index (χ0) is 14.9. The van der Waals surface area contributed by atoms with Crippen molar-refractivity contribution in [3.8, 4) is 0 Å². The molecule has 2 aromatic heterocycles. The van der Waals surface area contributed by atoms with Crippen LogP contribution < -0.4 is 0 Å². The van der Waals surface area contributed by atoms with Crippen LogP contribution in [0.1, 0.15) is 35.6 Å². The Hall–Kier alpha value is -1.59. The van der Waals surface area contributed by atoms with E-state index < -0.39 is 0 Å². The molecule has 2 aromatic rings. The van der Waals surface area contributed by atoms with Gasteiger partial charge in [-0.2, -0.15) is 5.10 Å². The molecule has 0 spiro atoms. The molecule has 0 amide bonds. The first-order valence-corrected chi connectivity index (χ1v) is 8.10. The highest BCUT2D eigenvalue weighted by molar-refractivity contribution is 5.26. The molecule has 1 aliphatic carbocycles. The van der Waals surface area contributed by atoms with Crippen LogP contribution in [0.2, 0.25) is 0 Å². The van der Waals surface area contributed by atoms with Crippen molar-refractivity contribution in [3.63, 3.8) is 0 Å². The van der Waals surface area contributed by atoms with Crippen LogP contribution in [0.5, 0.6) is 0 Å². The Morgan fingerprint density at radius 2 is 2.32 bits per heavy atom. The zero-order valence-corrected chi connectivity index (χ0v) is 13.1. The lowest BCUT2D eigenvalue weighted by molar-refractivity contribution is 0.135. The van der Waals surface area contributed by atoms with Crippen LogP contribution in [0, 0.1) is 5.92 Å². The van der Waals surface area contributed by atoms with Gasteiger partial charge in [-0.1, -0.05) is 0 Å². The maximum atomic E-state index is 5.44. The Morgan fingerprint density at radius 3 is 3.05 bits per heavy atom.